The van der Waals surface area contributed by atoms with Crippen LogP contribution in [0.2, 0.25) is 0 Å². The highest BCUT2D eigenvalue weighted by atomic mass is 32.2. The number of rotatable bonds is 8. The summed E-state index contributed by atoms with van der Waals surface area (Å²) in [4.78, 5) is 4.56. The van der Waals surface area contributed by atoms with E-state index in [0.717, 1.165) is 37.8 Å². The van der Waals surface area contributed by atoms with Crippen LogP contribution in [0.5, 0.6) is 5.75 Å². The largest absolute Gasteiger partial charge is 0.435 e. The van der Waals surface area contributed by atoms with Gasteiger partial charge in [0.15, 0.2) is 5.96 Å². The molecule has 0 heterocycles. The highest BCUT2D eigenvalue weighted by Crippen LogP contribution is 2.23. The first-order valence-electron chi connectivity index (χ1n) is 9.47. The van der Waals surface area contributed by atoms with Crippen molar-refractivity contribution in [2.24, 2.45) is 4.99 Å². The summed E-state index contributed by atoms with van der Waals surface area (Å²) in [5.41, 5.74) is 0.791. The van der Waals surface area contributed by atoms with Crippen LogP contribution >= 0.6 is 0 Å². The second kappa shape index (κ2) is 11.2. The van der Waals surface area contributed by atoms with Crippen LogP contribution < -0.4 is 15.4 Å². The standard InChI is InChI=1S/C19H29F2N3O2S/c1-3-22-19(24-15-8-6-10-17(12-15)27(25)4-2)23-13-14-7-5-9-16(11-14)26-18(20)21/h5,7,9,11,15,17-18H,3-4,6,8,10,12-13H2,1-2H3,(H2,22,23,24). The molecular formula is C19H29F2N3O2S. The number of aliphatic imine (C=N–C) groups is 1. The van der Waals surface area contributed by atoms with E-state index in [-0.39, 0.29) is 17.0 Å². The van der Waals surface area contributed by atoms with Crippen LogP contribution in [-0.4, -0.2) is 40.4 Å². The molecule has 1 fully saturated rings. The van der Waals surface area contributed by atoms with Crippen LogP contribution in [0, 0.1) is 0 Å². The van der Waals surface area contributed by atoms with E-state index in [1.165, 1.54) is 6.07 Å². The van der Waals surface area contributed by atoms with Crippen molar-refractivity contribution in [3.8, 4) is 5.75 Å². The van der Waals surface area contributed by atoms with Gasteiger partial charge in [0.2, 0.25) is 0 Å². The van der Waals surface area contributed by atoms with Crippen molar-refractivity contribution < 1.29 is 17.7 Å². The summed E-state index contributed by atoms with van der Waals surface area (Å²) in [7, 11) is -0.769. The van der Waals surface area contributed by atoms with E-state index in [4.69, 9.17) is 0 Å². The van der Waals surface area contributed by atoms with Gasteiger partial charge in [0, 0.05) is 34.4 Å². The monoisotopic (exact) mass is 401 g/mol. The van der Waals surface area contributed by atoms with Crippen LogP contribution in [-0.2, 0) is 17.3 Å². The number of nitrogens with zero attached hydrogens (tertiary/aromatic N) is 1. The third-order valence-corrected chi connectivity index (χ3v) is 6.25. The molecule has 0 aromatic heterocycles. The summed E-state index contributed by atoms with van der Waals surface area (Å²) < 4.78 is 41.2. The zero-order valence-corrected chi connectivity index (χ0v) is 16.7. The van der Waals surface area contributed by atoms with E-state index in [9.17, 15) is 13.0 Å². The van der Waals surface area contributed by atoms with E-state index in [0.29, 0.717) is 18.3 Å². The van der Waals surface area contributed by atoms with Crippen LogP contribution in [0.4, 0.5) is 8.78 Å². The Morgan fingerprint density at radius 2 is 2.19 bits per heavy atom. The fraction of sp³-hybridized carbons (Fsp3) is 0.632. The molecule has 0 aliphatic heterocycles. The second-order valence-electron chi connectivity index (χ2n) is 6.52. The molecule has 1 aliphatic rings. The summed E-state index contributed by atoms with van der Waals surface area (Å²) in [5, 5.41) is 6.90. The van der Waals surface area contributed by atoms with Gasteiger partial charge in [-0.3, -0.25) is 4.21 Å². The molecule has 8 heteroatoms. The Balaban J connectivity index is 1.98. The van der Waals surface area contributed by atoms with Gasteiger partial charge in [-0.25, -0.2) is 4.99 Å². The van der Waals surface area contributed by atoms with Crippen molar-refractivity contribution in [2.45, 2.75) is 64.0 Å². The Morgan fingerprint density at radius 3 is 2.89 bits per heavy atom. The molecule has 1 aromatic rings. The number of hydrogen-bond acceptors (Lipinski definition) is 3. The summed E-state index contributed by atoms with van der Waals surface area (Å²) >= 11 is 0. The molecule has 1 aromatic carbocycles. The zero-order chi connectivity index (χ0) is 19.6. The molecule has 1 saturated carbocycles. The molecule has 2 rings (SSSR count). The summed E-state index contributed by atoms with van der Waals surface area (Å²) in [6, 6.07) is 6.81. The Kier molecular flexibility index (Phi) is 8.97. The predicted octanol–water partition coefficient (Wildman–Crippen LogP) is 3.42. The summed E-state index contributed by atoms with van der Waals surface area (Å²) in [6.45, 7) is 2.19. The molecular weight excluding hydrogens is 372 g/mol. The quantitative estimate of drug-likeness (QED) is 0.518. The van der Waals surface area contributed by atoms with Gasteiger partial charge in [-0.15, -0.1) is 0 Å². The van der Waals surface area contributed by atoms with Crippen LogP contribution in [0.15, 0.2) is 29.3 Å². The van der Waals surface area contributed by atoms with Crippen molar-refractivity contribution in [2.75, 3.05) is 12.3 Å². The van der Waals surface area contributed by atoms with Crippen LogP contribution in [0.3, 0.4) is 0 Å². The Bertz CT molecular complexity index is 643. The van der Waals surface area contributed by atoms with Crippen molar-refractivity contribution in [1.29, 1.82) is 0 Å². The number of alkyl halides is 2. The van der Waals surface area contributed by atoms with Gasteiger partial charge in [-0.2, -0.15) is 8.78 Å². The van der Waals surface area contributed by atoms with E-state index in [1.807, 2.05) is 19.9 Å². The molecule has 2 N–H and O–H groups in total. The number of halogens is 2. The topological polar surface area (TPSA) is 62.7 Å². The van der Waals surface area contributed by atoms with Gasteiger partial charge in [-0.1, -0.05) is 25.5 Å². The molecule has 0 saturated heterocycles. The van der Waals surface area contributed by atoms with Crippen LogP contribution in [0.25, 0.3) is 0 Å². The van der Waals surface area contributed by atoms with Gasteiger partial charge in [0.05, 0.1) is 6.54 Å². The van der Waals surface area contributed by atoms with Crippen molar-refractivity contribution in [3.63, 3.8) is 0 Å². The number of benzene rings is 1. The normalized spacial score (nSPS) is 21.7. The number of nitrogens with one attached hydrogen (secondary N) is 2. The lowest BCUT2D eigenvalue weighted by Crippen LogP contribution is -2.46. The maximum absolute atomic E-state index is 12.3. The fourth-order valence-electron chi connectivity index (χ4n) is 3.25. The van der Waals surface area contributed by atoms with Gasteiger partial charge >= 0.3 is 6.61 Å². The van der Waals surface area contributed by atoms with E-state index in [1.54, 1.807) is 12.1 Å². The SMILES string of the molecule is CCNC(=NCc1cccc(OC(F)F)c1)NC1CCCC(S(=O)CC)C1. The first kappa shape index (κ1) is 21.6. The predicted molar refractivity (Wildman–Crippen MR) is 106 cm³/mol. The van der Waals surface area contributed by atoms with Gasteiger partial charge in [-0.05, 0) is 43.9 Å². The minimum Gasteiger partial charge on any atom is -0.435 e. The van der Waals surface area contributed by atoms with Crippen molar-refractivity contribution in [1.82, 2.24) is 10.6 Å². The van der Waals surface area contributed by atoms with Crippen LogP contribution in [0.1, 0.15) is 45.1 Å². The fourth-order valence-corrected chi connectivity index (χ4v) is 4.60. The lowest BCUT2D eigenvalue weighted by Gasteiger charge is -2.30. The molecule has 0 radical (unpaired) electrons. The third kappa shape index (κ3) is 7.44. The lowest BCUT2D eigenvalue weighted by atomic mass is 9.95. The van der Waals surface area contributed by atoms with Gasteiger partial charge < -0.3 is 15.4 Å². The Labute approximate surface area is 162 Å². The van der Waals surface area contributed by atoms with Crippen molar-refractivity contribution >= 4 is 16.8 Å². The minimum absolute atomic E-state index is 0.132. The van der Waals surface area contributed by atoms with E-state index in [2.05, 4.69) is 20.4 Å². The minimum atomic E-state index is -2.84. The zero-order valence-electron chi connectivity index (χ0n) is 15.9. The summed E-state index contributed by atoms with van der Waals surface area (Å²) in [5.74, 6) is 1.51. The highest BCUT2D eigenvalue weighted by molar-refractivity contribution is 7.85. The average molecular weight is 402 g/mol. The first-order chi connectivity index (χ1) is 13.0. The third-order valence-electron chi connectivity index (χ3n) is 4.51. The molecule has 0 bridgehead atoms. The average Bonchev–Trinajstić information content (AvgIpc) is 2.65. The second-order valence-corrected chi connectivity index (χ2v) is 8.53. The molecule has 3 unspecified atom stereocenters. The van der Waals surface area contributed by atoms with Crippen molar-refractivity contribution in [3.05, 3.63) is 29.8 Å². The number of ether oxygens (including phenoxy) is 1. The number of guanidine groups is 1. The molecule has 0 spiro atoms. The van der Waals surface area contributed by atoms with Gasteiger partial charge in [0.1, 0.15) is 5.75 Å². The Morgan fingerprint density at radius 1 is 1.37 bits per heavy atom. The Hall–Kier alpha value is -1.70. The maximum Gasteiger partial charge on any atom is 0.387 e. The van der Waals surface area contributed by atoms with E-state index >= 15 is 0 Å². The highest BCUT2D eigenvalue weighted by Gasteiger charge is 2.26. The number of hydrogen-bond donors (Lipinski definition) is 2. The van der Waals surface area contributed by atoms with Gasteiger partial charge in [0.25, 0.3) is 0 Å². The maximum atomic E-state index is 12.3. The molecule has 5 nitrogen and oxygen atoms in total. The molecule has 27 heavy (non-hydrogen) atoms. The smallest absolute Gasteiger partial charge is 0.387 e. The lowest BCUT2D eigenvalue weighted by molar-refractivity contribution is -0.0498. The first-order valence-corrected chi connectivity index (χ1v) is 10.9. The molecule has 3 atom stereocenters. The summed E-state index contributed by atoms with van der Waals surface area (Å²) in [6.07, 6.45) is 3.98. The molecule has 0 amide bonds. The molecule has 1 aliphatic carbocycles. The molecule has 152 valence electrons. The van der Waals surface area contributed by atoms with E-state index < -0.39 is 17.4 Å².